The van der Waals surface area contributed by atoms with Gasteiger partial charge in [0, 0.05) is 12.6 Å². The number of nitrogens with zero attached hydrogens (tertiary/aromatic N) is 2. The van der Waals surface area contributed by atoms with E-state index in [0.29, 0.717) is 0 Å². The number of halogens is 1. The van der Waals surface area contributed by atoms with Crippen molar-refractivity contribution in [3.8, 4) is 0 Å². The van der Waals surface area contributed by atoms with Gasteiger partial charge in [0.1, 0.15) is 12.6 Å². The lowest BCUT2D eigenvalue weighted by Crippen LogP contribution is -2.53. The maximum absolute atomic E-state index is 14.0. The van der Waals surface area contributed by atoms with Crippen molar-refractivity contribution in [1.82, 2.24) is 10.2 Å². The average Bonchev–Trinajstić information content (AvgIpc) is 2.96. The molecule has 1 fully saturated rings. The van der Waals surface area contributed by atoms with Gasteiger partial charge in [0.2, 0.25) is 11.8 Å². The number of amides is 2. The molecule has 0 spiro atoms. The highest BCUT2D eigenvalue weighted by atomic mass is 35.5. The second-order valence-corrected chi connectivity index (χ2v) is 12.6. The van der Waals surface area contributed by atoms with Crippen LogP contribution in [0.15, 0.2) is 83.8 Å². The third-order valence-electron chi connectivity index (χ3n) is 7.32. The third-order valence-corrected chi connectivity index (χ3v) is 9.42. The van der Waals surface area contributed by atoms with Gasteiger partial charge in [-0.3, -0.25) is 13.9 Å². The van der Waals surface area contributed by atoms with Gasteiger partial charge < -0.3 is 10.2 Å². The molecular formula is C31H36ClN3O4S. The highest BCUT2D eigenvalue weighted by molar-refractivity contribution is 7.92. The zero-order chi connectivity index (χ0) is 28.7. The van der Waals surface area contributed by atoms with Crippen LogP contribution in [0.1, 0.15) is 50.2 Å². The van der Waals surface area contributed by atoms with Crippen LogP contribution < -0.4 is 9.62 Å². The lowest BCUT2D eigenvalue weighted by atomic mass is 9.95. The summed E-state index contributed by atoms with van der Waals surface area (Å²) in [5.41, 5.74) is 1.93. The van der Waals surface area contributed by atoms with E-state index in [1.54, 1.807) is 43.3 Å². The monoisotopic (exact) mass is 581 g/mol. The van der Waals surface area contributed by atoms with Gasteiger partial charge in [-0.15, -0.1) is 0 Å². The summed E-state index contributed by atoms with van der Waals surface area (Å²) >= 11 is 6.46. The minimum absolute atomic E-state index is 0.0449. The van der Waals surface area contributed by atoms with Crippen LogP contribution in [0.2, 0.25) is 5.02 Å². The Labute approximate surface area is 242 Å². The fourth-order valence-electron chi connectivity index (χ4n) is 4.94. The summed E-state index contributed by atoms with van der Waals surface area (Å²) in [6, 6.07) is 21.6. The van der Waals surface area contributed by atoms with E-state index in [2.05, 4.69) is 5.32 Å². The van der Waals surface area contributed by atoms with Crippen LogP contribution in [0.25, 0.3) is 0 Å². The van der Waals surface area contributed by atoms with Gasteiger partial charge in [0.05, 0.1) is 15.6 Å². The van der Waals surface area contributed by atoms with Gasteiger partial charge in [-0.05, 0) is 56.5 Å². The number of aryl methyl sites for hydroxylation is 1. The fraction of sp³-hybridized carbons (Fsp3) is 0.355. The van der Waals surface area contributed by atoms with Crippen LogP contribution in [-0.2, 0) is 26.2 Å². The fourth-order valence-corrected chi connectivity index (χ4v) is 6.66. The predicted octanol–water partition coefficient (Wildman–Crippen LogP) is 5.71. The second kappa shape index (κ2) is 13.3. The molecule has 4 rings (SSSR count). The molecule has 0 unspecified atom stereocenters. The molecule has 0 radical (unpaired) electrons. The molecule has 7 nitrogen and oxygen atoms in total. The van der Waals surface area contributed by atoms with Crippen molar-refractivity contribution in [2.24, 2.45) is 0 Å². The topological polar surface area (TPSA) is 86.8 Å². The van der Waals surface area contributed by atoms with Crippen LogP contribution in [-0.4, -0.2) is 43.8 Å². The number of carbonyl (C=O) groups is 2. The molecule has 1 saturated carbocycles. The van der Waals surface area contributed by atoms with Crippen molar-refractivity contribution >= 4 is 39.1 Å². The smallest absolute Gasteiger partial charge is 0.264 e. The molecule has 0 saturated heterocycles. The van der Waals surface area contributed by atoms with E-state index in [1.807, 2.05) is 37.3 Å². The van der Waals surface area contributed by atoms with Gasteiger partial charge in [0.15, 0.2) is 0 Å². The van der Waals surface area contributed by atoms with Crippen LogP contribution >= 0.6 is 11.6 Å². The maximum atomic E-state index is 14.0. The molecule has 3 aromatic rings. The number of sulfonamides is 1. The highest BCUT2D eigenvalue weighted by Crippen LogP contribution is 2.31. The molecule has 1 aliphatic carbocycles. The third kappa shape index (κ3) is 7.23. The van der Waals surface area contributed by atoms with Crippen LogP contribution in [0.5, 0.6) is 0 Å². The molecule has 0 aliphatic heterocycles. The first-order valence-corrected chi connectivity index (χ1v) is 15.5. The molecule has 3 aromatic carbocycles. The average molecular weight is 582 g/mol. The summed E-state index contributed by atoms with van der Waals surface area (Å²) in [5.74, 6) is -0.757. The molecule has 1 atom stereocenters. The Morgan fingerprint density at radius 3 is 2.20 bits per heavy atom. The van der Waals surface area contributed by atoms with Crippen molar-refractivity contribution in [3.05, 3.63) is 95.0 Å². The van der Waals surface area contributed by atoms with E-state index in [4.69, 9.17) is 11.6 Å². The summed E-state index contributed by atoms with van der Waals surface area (Å²) in [4.78, 5) is 28.9. The van der Waals surface area contributed by atoms with E-state index in [9.17, 15) is 18.0 Å². The lowest BCUT2D eigenvalue weighted by Gasteiger charge is -2.33. The maximum Gasteiger partial charge on any atom is 0.264 e. The van der Waals surface area contributed by atoms with Crippen molar-refractivity contribution in [2.45, 2.75) is 69.5 Å². The number of nitrogens with one attached hydrogen (secondary N) is 1. The van der Waals surface area contributed by atoms with Crippen LogP contribution in [0.3, 0.4) is 0 Å². The number of benzene rings is 3. The highest BCUT2D eigenvalue weighted by Gasteiger charge is 2.33. The number of rotatable bonds is 10. The summed E-state index contributed by atoms with van der Waals surface area (Å²) in [7, 11) is -4.16. The SMILES string of the molecule is Cc1ccc(S(=O)(=O)N(CC(=O)N(Cc2ccccc2)[C@@H](C)C(=O)NC2CCCCC2)c2ccccc2Cl)cc1. The minimum atomic E-state index is -4.16. The predicted molar refractivity (Wildman–Crippen MR) is 159 cm³/mol. The molecule has 1 N–H and O–H groups in total. The summed E-state index contributed by atoms with van der Waals surface area (Å²) < 4.78 is 28.8. The normalized spacial score (nSPS) is 14.8. The standard InChI is InChI=1S/C31H36ClN3O4S/c1-23-17-19-27(20-18-23)40(38,39)35(29-16-10-9-15-28(29)32)22-30(36)34(21-25-11-5-3-6-12-25)24(2)31(37)33-26-13-7-4-8-14-26/h3,5-6,9-12,15-20,24,26H,4,7-8,13-14,21-22H2,1-2H3,(H,33,37)/t24-/m0/s1. The first kappa shape index (κ1) is 29.6. The largest absolute Gasteiger partial charge is 0.352 e. The zero-order valence-corrected chi connectivity index (χ0v) is 24.5. The Hall–Kier alpha value is -3.36. The van der Waals surface area contributed by atoms with Crippen molar-refractivity contribution in [3.63, 3.8) is 0 Å². The molecule has 2 amide bonds. The van der Waals surface area contributed by atoms with E-state index >= 15 is 0 Å². The number of hydrogen-bond acceptors (Lipinski definition) is 4. The Bertz CT molecular complexity index is 1410. The molecule has 1 aliphatic rings. The number of para-hydroxylation sites is 1. The van der Waals surface area contributed by atoms with E-state index in [-0.39, 0.29) is 34.1 Å². The molecular weight excluding hydrogens is 546 g/mol. The number of carbonyl (C=O) groups excluding carboxylic acids is 2. The summed E-state index contributed by atoms with van der Waals surface area (Å²) in [6.07, 6.45) is 5.12. The van der Waals surface area contributed by atoms with Gasteiger partial charge in [-0.2, -0.15) is 0 Å². The Balaban J connectivity index is 1.67. The Kier molecular flexibility index (Phi) is 9.87. The zero-order valence-electron chi connectivity index (χ0n) is 22.9. The molecule has 0 bridgehead atoms. The molecule has 9 heteroatoms. The minimum Gasteiger partial charge on any atom is -0.352 e. The van der Waals surface area contributed by atoms with Crippen molar-refractivity contribution in [2.75, 3.05) is 10.8 Å². The van der Waals surface area contributed by atoms with Gasteiger partial charge in [0.25, 0.3) is 10.0 Å². The first-order valence-electron chi connectivity index (χ1n) is 13.6. The van der Waals surface area contributed by atoms with Crippen molar-refractivity contribution in [1.29, 1.82) is 0 Å². The van der Waals surface area contributed by atoms with Gasteiger partial charge in [-0.25, -0.2) is 8.42 Å². The van der Waals surface area contributed by atoms with Gasteiger partial charge >= 0.3 is 0 Å². The van der Waals surface area contributed by atoms with E-state index in [0.717, 1.165) is 47.5 Å². The summed E-state index contributed by atoms with van der Waals surface area (Å²) in [6.45, 7) is 3.19. The van der Waals surface area contributed by atoms with Crippen LogP contribution in [0, 0.1) is 6.92 Å². The molecule has 0 heterocycles. The lowest BCUT2D eigenvalue weighted by molar-refractivity contribution is -0.139. The molecule has 0 aromatic heterocycles. The molecule has 212 valence electrons. The van der Waals surface area contributed by atoms with Crippen LogP contribution in [0.4, 0.5) is 5.69 Å². The summed E-state index contributed by atoms with van der Waals surface area (Å²) in [5, 5.41) is 3.31. The number of anilines is 1. The Morgan fingerprint density at radius 2 is 1.55 bits per heavy atom. The van der Waals surface area contributed by atoms with Crippen molar-refractivity contribution < 1.29 is 18.0 Å². The number of hydrogen-bond donors (Lipinski definition) is 1. The molecule has 40 heavy (non-hydrogen) atoms. The second-order valence-electron chi connectivity index (χ2n) is 10.3. The van der Waals surface area contributed by atoms with Gasteiger partial charge in [-0.1, -0.05) is 91.0 Å². The Morgan fingerprint density at radius 1 is 0.925 bits per heavy atom. The van der Waals surface area contributed by atoms with E-state index in [1.165, 1.54) is 17.0 Å². The first-order chi connectivity index (χ1) is 19.2. The quantitative estimate of drug-likeness (QED) is 0.332. The van der Waals surface area contributed by atoms with E-state index < -0.39 is 28.5 Å².